The SMILES string of the molecule is CCCCCCCCC1C(CCCCCCCC(=O)N[C@H](C)Cc2cc3ccccc3[nH]2)N1C(c1ccccc1)(c1ccccc1)c1ccccc1. The van der Waals surface area contributed by atoms with Crippen LogP contribution in [-0.2, 0) is 16.8 Å². The van der Waals surface area contributed by atoms with Crippen molar-refractivity contribution in [2.45, 2.75) is 134 Å². The summed E-state index contributed by atoms with van der Waals surface area (Å²) < 4.78 is 0. The van der Waals surface area contributed by atoms with Crippen molar-refractivity contribution in [3.8, 4) is 0 Å². The molecule has 1 fully saturated rings. The maximum absolute atomic E-state index is 12.8. The van der Waals surface area contributed by atoms with E-state index >= 15 is 0 Å². The van der Waals surface area contributed by atoms with Crippen LogP contribution in [0.2, 0.25) is 0 Å². The average molecular weight is 696 g/mol. The molecule has 4 atom stereocenters. The minimum Gasteiger partial charge on any atom is -0.358 e. The van der Waals surface area contributed by atoms with Crippen molar-refractivity contribution in [1.82, 2.24) is 15.2 Å². The number of rotatable bonds is 22. The minimum atomic E-state index is -0.319. The van der Waals surface area contributed by atoms with E-state index in [1.165, 1.54) is 98.4 Å². The third kappa shape index (κ3) is 9.44. The van der Waals surface area contributed by atoms with Crippen LogP contribution in [0, 0.1) is 0 Å². The number of aromatic amines is 1. The predicted octanol–water partition coefficient (Wildman–Crippen LogP) is 11.7. The first-order valence-corrected chi connectivity index (χ1v) is 20.4. The molecule has 0 spiro atoms. The zero-order valence-electron chi connectivity index (χ0n) is 31.7. The second-order valence-electron chi connectivity index (χ2n) is 15.3. The van der Waals surface area contributed by atoms with E-state index in [-0.39, 0.29) is 17.5 Å². The molecule has 4 heteroatoms. The monoisotopic (exact) mass is 695 g/mol. The van der Waals surface area contributed by atoms with E-state index in [0.717, 1.165) is 24.8 Å². The van der Waals surface area contributed by atoms with Crippen LogP contribution in [0.1, 0.15) is 126 Å². The Morgan fingerprint density at radius 2 is 1.13 bits per heavy atom. The zero-order valence-corrected chi connectivity index (χ0v) is 31.7. The van der Waals surface area contributed by atoms with Crippen LogP contribution in [0.3, 0.4) is 0 Å². The standard InChI is InChI=1S/C48H61N3O/c1-3-4-5-6-8-20-33-45-46(34-21-9-7-10-22-35-47(52)49-38(2)36-43-37-39-25-23-24-32-44(39)50-43)51(45)48(40-26-14-11-15-27-40,41-28-16-12-17-29-41)42-30-18-13-19-31-42/h11-19,23-32,37-38,45-46,50H,3-10,20-22,33-36H2,1-2H3,(H,49,52)/t38-,45?,46?,51?/m1/s1. The van der Waals surface area contributed by atoms with Gasteiger partial charge in [0.25, 0.3) is 0 Å². The Labute approximate surface area is 313 Å². The molecule has 1 aliphatic heterocycles. The Bertz CT molecular complexity index is 1640. The van der Waals surface area contributed by atoms with Crippen molar-refractivity contribution in [3.63, 3.8) is 0 Å². The second kappa shape index (κ2) is 19.1. The summed E-state index contributed by atoms with van der Waals surface area (Å²) >= 11 is 0. The summed E-state index contributed by atoms with van der Waals surface area (Å²) in [5.41, 5.74) is 6.08. The summed E-state index contributed by atoms with van der Waals surface area (Å²) in [5.74, 6) is 0.175. The Balaban J connectivity index is 1.05. The van der Waals surface area contributed by atoms with Crippen molar-refractivity contribution in [1.29, 1.82) is 0 Å². The van der Waals surface area contributed by atoms with Gasteiger partial charge in [-0.05, 0) is 60.4 Å². The van der Waals surface area contributed by atoms with Crippen LogP contribution in [-0.4, -0.2) is 33.9 Å². The number of aromatic nitrogens is 1. The van der Waals surface area contributed by atoms with Gasteiger partial charge in [0, 0.05) is 42.2 Å². The summed E-state index contributed by atoms with van der Waals surface area (Å²) in [6.45, 7) is 4.40. The highest BCUT2D eigenvalue weighted by atomic mass is 16.1. The van der Waals surface area contributed by atoms with Gasteiger partial charge >= 0.3 is 0 Å². The maximum atomic E-state index is 12.8. The van der Waals surface area contributed by atoms with Crippen LogP contribution in [0.15, 0.2) is 121 Å². The van der Waals surface area contributed by atoms with Gasteiger partial charge in [0.1, 0.15) is 0 Å². The highest BCUT2D eigenvalue weighted by molar-refractivity contribution is 5.80. The van der Waals surface area contributed by atoms with Crippen molar-refractivity contribution in [3.05, 3.63) is 144 Å². The lowest BCUT2D eigenvalue weighted by Gasteiger charge is -2.39. The molecule has 274 valence electrons. The van der Waals surface area contributed by atoms with E-state index in [1.807, 2.05) is 0 Å². The number of unbranched alkanes of at least 4 members (excludes halogenated alkanes) is 9. The first kappa shape index (κ1) is 37.6. The molecule has 0 bridgehead atoms. The van der Waals surface area contributed by atoms with Crippen molar-refractivity contribution >= 4 is 16.8 Å². The van der Waals surface area contributed by atoms with Crippen molar-refractivity contribution in [2.24, 2.45) is 0 Å². The van der Waals surface area contributed by atoms with Gasteiger partial charge in [-0.2, -0.15) is 0 Å². The van der Waals surface area contributed by atoms with E-state index in [1.54, 1.807) is 0 Å². The number of para-hydroxylation sites is 1. The molecule has 1 amide bonds. The molecular formula is C48H61N3O. The van der Waals surface area contributed by atoms with Gasteiger partial charge in [-0.3, -0.25) is 9.69 Å². The number of hydrogen-bond acceptors (Lipinski definition) is 2. The smallest absolute Gasteiger partial charge is 0.220 e. The number of hydrogen-bond donors (Lipinski definition) is 2. The summed E-state index contributed by atoms with van der Waals surface area (Å²) in [7, 11) is 0. The molecule has 4 aromatic carbocycles. The largest absolute Gasteiger partial charge is 0.358 e. The fourth-order valence-corrected chi connectivity index (χ4v) is 8.76. The first-order chi connectivity index (χ1) is 25.6. The van der Waals surface area contributed by atoms with Gasteiger partial charge < -0.3 is 10.3 Å². The highest BCUT2D eigenvalue weighted by Gasteiger charge is 2.59. The lowest BCUT2D eigenvalue weighted by atomic mass is 9.76. The molecule has 2 N–H and O–H groups in total. The van der Waals surface area contributed by atoms with Crippen molar-refractivity contribution < 1.29 is 4.79 Å². The third-order valence-corrected chi connectivity index (χ3v) is 11.3. The summed E-state index contributed by atoms with van der Waals surface area (Å²) in [4.78, 5) is 19.1. The zero-order chi connectivity index (χ0) is 36.0. The van der Waals surface area contributed by atoms with Gasteiger partial charge in [-0.25, -0.2) is 0 Å². The number of nitrogens with zero attached hydrogens (tertiary/aromatic N) is 1. The molecule has 3 unspecified atom stereocenters. The minimum absolute atomic E-state index is 0.112. The van der Waals surface area contributed by atoms with Gasteiger partial charge in [-0.1, -0.05) is 180 Å². The molecule has 0 aliphatic carbocycles. The lowest BCUT2D eigenvalue weighted by Crippen LogP contribution is -2.39. The van der Waals surface area contributed by atoms with E-state index in [9.17, 15) is 4.79 Å². The Hall–Kier alpha value is -4.15. The second-order valence-corrected chi connectivity index (χ2v) is 15.3. The fourth-order valence-electron chi connectivity index (χ4n) is 8.76. The molecule has 1 aromatic heterocycles. The predicted molar refractivity (Wildman–Crippen MR) is 219 cm³/mol. The Morgan fingerprint density at radius 1 is 0.654 bits per heavy atom. The normalized spacial score (nSPS) is 17.6. The quantitative estimate of drug-likeness (QED) is 0.0430. The van der Waals surface area contributed by atoms with Crippen LogP contribution in [0.5, 0.6) is 0 Å². The molecule has 2 heterocycles. The summed E-state index contributed by atoms with van der Waals surface area (Å²) in [6.07, 6.45) is 17.6. The van der Waals surface area contributed by atoms with Crippen LogP contribution in [0.25, 0.3) is 10.9 Å². The van der Waals surface area contributed by atoms with E-state index in [4.69, 9.17) is 0 Å². The van der Waals surface area contributed by atoms with Gasteiger partial charge in [0.2, 0.25) is 5.91 Å². The summed E-state index contributed by atoms with van der Waals surface area (Å²) in [6, 6.07) is 45.5. The highest BCUT2D eigenvalue weighted by Crippen LogP contribution is 2.54. The van der Waals surface area contributed by atoms with E-state index in [0.29, 0.717) is 18.5 Å². The van der Waals surface area contributed by atoms with E-state index in [2.05, 4.69) is 150 Å². The van der Waals surface area contributed by atoms with Crippen molar-refractivity contribution in [2.75, 3.05) is 0 Å². The summed E-state index contributed by atoms with van der Waals surface area (Å²) in [5, 5.41) is 4.45. The number of fused-ring (bicyclic) bond motifs is 1. The molecule has 1 aliphatic rings. The molecular weight excluding hydrogens is 635 g/mol. The van der Waals surface area contributed by atoms with Crippen LogP contribution in [0.4, 0.5) is 0 Å². The number of amides is 1. The Morgan fingerprint density at radius 3 is 1.67 bits per heavy atom. The molecule has 1 saturated heterocycles. The topological polar surface area (TPSA) is 47.9 Å². The number of carbonyl (C=O) groups excluding carboxylic acids is 1. The maximum Gasteiger partial charge on any atom is 0.220 e. The van der Waals surface area contributed by atoms with Gasteiger partial charge in [-0.15, -0.1) is 0 Å². The molecule has 5 aromatic rings. The van der Waals surface area contributed by atoms with Gasteiger partial charge in [0.15, 0.2) is 0 Å². The van der Waals surface area contributed by atoms with Crippen LogP contribution < -0.4 is 5.32 Å². The fraction of sp³-hybridized carbons (Fsp3) is 0.438. The van der Waals surface area contributed by atoms with Crippen LogP contribution >= 0.6 is 0 Å². The number of benzene rings is 4. The third-order valence-electron chi connectivity index (χ3n) is 11.3. The number of nitrogens with one attached hydrogen (secondary N) is 2. The average Bonchev–Trinajstić information content (AvgIpc) is 3.69. The molecule has 0 radical (unpaired) electrons. The number of carbonyl (C=O) groups is 1. The Kier molecular flexibility index (Phi) is 13.8. The molecule has 6 rings (SSSR count). The van der Waals surface area contributed by atoms with Gasteiger partial charge in [0.05, 0.1) is 5.54 Å². The number of H-pyrrole nitrogens is 1. The molecule has 52 heavy (non-hydrogen) atoms. The lowest BCUT2D eigenvalue weighted by molar-refractivity contribution is -0.121. The molecule has 0 saturated carbocycles. The van der Waals surface area contributed by atoms with E-state index < -0.39 is 0 Å². The molecule has 4 nitrogen and oxygen atoms in total. The first-order valence-electron chi connectivity index (χ1n) is 20.4.